The van der Waals surface area contributed by atoms with Gasteiger partial charge in [-0.2, -0.15) is 10.5 Å². The van der Waals surface area contributed by atoms with Gasteiger partial charge in [-0.1, -0.05) is 23.9 Å². The van der Waals surface area contributed by atoms with Gasteiger partial charge in [0, 0.05) is 19.7 Å². The monoisotopic (exact) mass is 397 g/mol. The number of nitriles is 2. The Kier molecular flexibility index (Phi) is 7.21. The summed E-state index contributed by atoms with van der Waals surface area (Å²) in [5, 5.41) is 28.4. The van der Waals surface area contributed by atoms with Crippen LogP contribution in [-0.2, 0) is 4.79 Å². The number of anilines is 1. The fourth-order valence-electron chi connectivity index (χ4n) is 2.33. The highest BCUT2D eigenvalue weighted by atomic mass is 32.2. The second kappa shape index (κ2) is 9.60. The Labute approximate surface area is 167 Å². The van der Waals surface area contributed by atoms with Crippen LogP contribution in [0.3, 0.4) is 0 Å². The number of amides is 1. The van der Waals surface area contributed by atoms with E-state index < -0.39 is 0 Å². The van der Waals surface area contributed by atoms with Crippen LogP contribution in [0.5, 0.6) is 5.75 Å². The van der Waals surface area contributed by atoms with Crippen LogP contribution in [0.1, 0.15) is 11.1 Å². The first kappa shape index (κ1) is 21.0. The lowest BCUT2D eigenvalue weighted by Gasteiger charge is -2.14. The van der Waals surface area contributed by atoms with Gasteiger partial charge in [0.15, 0.2) is 0 Å². The van der Waals surface area contributed by atoms with Gasteiger partial charge >= 0.3 is 0 Å². The van der Waals surface area contributed by atoms with Crippen LogP contribution in [0.15, 0.2) is 29.3 Å². The Hall–Kier alpha value is -3.27. The van der Waals surface area contributed by atoms with Crippen molar-refractivity contribution in [3.8, 4) is 29.0 Å². The molecule has 1 amide bonds. The van der Waals surface area contributed by atoms with Crippen LogP contribution < -0.4 is 10.5 Å². The molecule has 9 heteroatoms. The van der Waals surface area contributed by atoms with Crippen LogP contribution in [0.25, 0.3) is 11.1 Å². The third-order valence-electron chi connectivity index (χ3n) is 3.75. The molecule has 0 fully saturated rings. The molecule has 8 nitrogen and oxygen atoms in total. The average Bonchev–Trinajstić information content (AvgIpc) is 2.70. The minimum absolute atomic E-state index is 0.00286. The highest BCUT2D eigenvalue weighted by Gasteiger charge is 2.21. The summed E-state index contributed by atoms with van der Waals surface area (Å²) in [6, 6.07) is 10.8. The number of hydrogen-bond donors (Lipinski definition) is 2. The Balaban J connectivity index is 2.51. The lowest BCUT2D eigenvalue weighted by Crippen LogP contribution is -2.23. The summed E-state index contributed by atoms with van der Waals surface area (Å²) in [4.78, 5) is 17.5. The van der Waals surface area contributed by atoms with E-state index in [1.807, 2.05) is 6.07 Å². The molecule has 2 rings (SSSR count). The number of aliphatic hydroxyl groups is 1. The van der Waals surface area contributed by atoms with E-state index in [1.165, 1.54) is 4.90 Å². The topological polar surface area (TPSA) is 136 Å². The van der Waals surface area contributed by atoms with Crippen molar-refractivity contribution in [2.45, 2.75) is 5.03 Å². The fraction of sp³-hybridized carbons (Fsp3) is 0.263. The van der Waals surface area contributed by atoms with E-state index in [1.54, 1.807) is 38.4 Å². The second-order valence-corrected chi connectivity index (χ2v) is 6.79. The minimum Gasteiger partial charge on any atom is -0.491 e. The molecule has 144 valence electrons. The van der Waals surface area contributed by atoms with Crippen molar-refractivity contribution in [2.75, 3.05) is 38.8 Å². The standard InChI is InChI=1S/C19H19N5O3S/c1-24(2)16(26)11-28-19-15(10-21)17(14(9-20)18(22)23-19)12-3-5-13(6-4-12)27-8-7-25/h3-6,25H,7-8,11H2,1-2H3,(H2,22,23). The summed E-state index contributed by atoms with van der Waals surface area (Å²) < 4.78 is 5.33. The molecule has 2 aromatic rings. The van der Waals surface area contributed by atoms with Gasteiger partial charge < -0.3 is 20.5 Å². The number of rotatable bonds is 7. The molecule has 1 aromatic carbocycles. The number of thioether (sulfide) groups is 1. The van der Waals surface area contributed by atoms with Crippen LogP contribution in [0.2, 0.25) is 0 Å². The first-order valence-electron chi connectivity index (χ1n) is 8.23. The number of carbonyl (C=O) groups is 1. The summed E-state index contributed by atoms with van der Waals surface area (Å²) >= 11 is 1.10. The van der Waals surface area contributed by atoms with E-state index in [4.69, 9.17) is 15.6 Å². The van der Waals surface area contributed by atoms with Crippen LogP contribution in [0.4, 0.5) is 5.82 Å². The highest BCUT2D eigenvalue weighted by Crippen LogP contribution is 2.36. The number of nitrogen functional groups attached to an aromatic ring is 1. The number of carbonyl (C=O) groups excluding carboxylic acids is 1. The fourth-order valence-corrected chi connectivity index (χ4v) is 3.31. The van der Waals surface area contributed by atoms with Gasteiger partial charge in [-0.05, 0) is 17.7 Å². The lowest BCUT2D eigenvalue weighted by atomic mass is 9.97. The molecule has 0 spiro atoms. The quantitative estimate of drug-likeness (QED) is 0.673. The van der Waals surface area contributed by atoms with Crippen molar-refractivity contribution in [1.82, 2.24) is 9.88 Å². The summed E-state index contributed by atoms with van der Waals surface area (Å²) in [5.74, 6) is 0.499. The molecule has 0 unspecified atom stereocenters. The van der Waals surface area contributed by atoms with Crippen molar-refractivity contribution < 1.29 is 14.6 Å². The number of hydrogen-bond acceptors (Lipinski definition) is 8. The molecule has 1 aromatic heterocycles. The maximum Gasteiger partial charge on any atom is 0.232 e. The van der Waals surface area contributed by atoms with Crippen LogP contribution >= 0.6 is 11.8 Å². The molecule has 0 bridgehead atoms. The van der Waals surface area contributed by atoms with Crippen LogP contribution in [0, 0.1) is 22.7 Å². The molecule has 0 aliphatic rings. The third kappa shape index (κ3) is 4.71. The van der Waals surface area contributed by atoms with Gasteiger partial charge in [0.2, 0.25) is 5.91 Å². The second-order valence-electron chi connectivity index (χ2n) is 5.82. The van der Waals surface area contributed by atoms with Gasteiger partial charge in [-0.25, -0.2) is 4.98 Å². The molecule has 0 aliphatic carbocycles. The van der Waals surface area contributed by atoms with E-state index >= 15 is 0 Å². The number of nitrogens with two attached hydrogens (primary N) is 1. The maximum atomic E-state index is 11.9. The summed E-state index contributed by atoms with van der Waals surface area (Å²) in [6.07, 6.45) is 0. The van der Waals surface area contributed by atoms with Gasteiger partial charge in [0.25, 0.3) is 0 Å². The highest BCUT2D eigenvalue weighted by molar-refractivity contribution is 8.00. The third-order valence-corrected chi connectivity index (χ3v) is 4.71. The van der Waals surface area contributed by atoms with Crippen molar-refractivity contribution in [1.29, 1.82) is 10.5 Å². The SMILES string of the molecule is CN(C)C(=O)CSc1nc(N)c(C#N)c(-c2ccc(OCCO)cc2)c1C#N. The average molecular weight is 397 g/mol. The van der Waals surface area contributed by atoms with E-state index in [2.05, 4.69) is 11.1 Å². The number of pyridine rings is 1. The summed E-state index contributed by atoms with van der Waals surface area (Å²) in [6.45, 7) is 0.0567. The Morgan fingerprint density at radius 3 is 2.43 bits per heavy atom. The van der Waals surface area contributed by atoms with Gasteiger partial charge in [-0.3, -0.25) is 4.79 Å². The zero-order chi connectivity index (χ0) is 20.7. The first-order valence-corrected chi connectivity index (χ1v) is 9.22. The van der Waals surface area contributed by atoms with Gasteiger partial charge in [0.05, 0.1) is 17.9 Å². The molecular formula is C19H19N5O3S. The van der Waals surface area contributed by atoms with E-state index in [0.29, 0.717) is 21.9 Å². The molecular weight excluding hydrogens is 378 g/mol. The number of nitrogens with zero attached hydrogens (tertiary/aromatic N) is 4. The zero-order valence-electron chi connectivity index (χ0n) is 15.5. The lowest BCUT2D eigenvalue weighted by molar-refractivity contribution is -0.125. The minimum atomic E-state index is -0.134. The van der Waals surface area contributed by atoms with Crippen LogP contribution in [-0.4, -0.2) is 54.0 Å². The van der Waals surface area contributed by atoms with Gasteiger partial charge in [0.1, 0.15) is 40.9 Å². The Morgan fingerprint density at radius 2 is 1.89 bits per heavy atom. The molecule has 0 aliphatic heterocycles. The number of ether oxygens (including phenoxy) is 1. The predicted molar refractivity (Wildman–Crippen MR) is 106 cm³/mol. The molecule has 3 N–H and O–H groups in total. The van der Waals surface area contributed by atoms with Crippen molar-refractivity contribution >= 4 is 23.5 Å². The molecule has 0 radical (unpaired) electrons. The Morgan fingerprint density at radius 1 is 1.25 bits per heavy atom. The van der Waals surface area contributed by atoms with Crippen molar-refractivity contribution in [3.05, 3.63) is 35.4 Å². The maximum absolute atomic E-state index is 11.9. The van der Waals surface area contributed by atoms with E-state index in [-0.39, 0.29) is 41.8 Å². The molecule has 28 heavy (non-hydrogen) atoms. The van der Waals surface area contributed by atoms with Gasteiger partial charge in [-0.15, -0.1) is 0 Å². The summed E-state index contributed by atoms with van der Waals surface area (Å²) in [7, 11) is 3.28. The molecule has 1 heterocycles. The van der Waals surface area contributed by atoms with E-state index in [9.17, 15) is 15.3 Å². The smallest absolute Gasteiger partial charge is 0.232 e. The number of aromatic nitrogens is 1. The summed E-state index contributed by atoms with van der Waals surface area (Å²) in [5.41, 5.74) is 7.20. The normalized spacial score (nSPS) is 10.0. The molecule has 0 saturated carbocycles. The Bertz CT molecular complexity index is 946. The predicted octanol–water partition coefficient (Wildman–Crippen LogP) is 1.63. The zero-order valence-corrected chi connectivity index (χ0v) is 16.3. The largest absolute Gasteiger partial charge is 0.491 e. The first-order chi connectivity index (χ1) is 13.4. The van der Waals surface area contributed by atoms with Crippen molar-refractivity contribution in [3.63, 3.8) is 0 Å². The van der Waals surface area contributed by atoms with E-state index in [0.717, 1.165) is 11.8 Å². The number of aliphatic hydroxyl groups excluding tert-OH is 1. The molecule has 0 atom stereocenters. The van der Waals surface area contributed by atoms with Crippen molar-refractivity contribution in [2.24, 2.45) is 0 Å². The molecule has 0 saturated heterocycles. The number of benzene rings is 1.